The lowest BCUT2D eigenvalue weighted by Crippen LogP contribution is -2.53. The highest BCUT2D eigenvalue weighted by Crippen LogP contribution is 2.44. The normalized spacial score (nSPS) is 15.3. The number of carbonyl (C=O) groups excluding carboxylic acids is 4. The second kappa shape index (κ2) is 17.3. The maximum Gasteiger partial charge on any atom is 0.407 e. The van der Waals surface area contributed by atoms with Crippen LogP contribution in [0.4, 0.5) is 9.59 Å². The highest BCUT2D eigenvalue weighted by molar-refractivity contribution is 5.90. The molecule has 0 saturated carbocycles. The third kappa shape index (κ3) is 9.57. The van der Waals surface area contributed by atoms with Gasteiger partial charge in [-0.25, -0.2) is 9.59 Å². The summed E-state index contributed by atoms with van der Waals surface area (Å²) in [6.07, 6.45) is 1.99. The third-order valence-electron chi connectivity index (χ3n) is 8.92. The fourth-order valence-electron chi connectivity index (χ4n) is 6.33. The molecule has 1 heterocycles. The number of hydrogen-bond donors (Lipinski definition) is 4. The predicted octanol–water partition coefficient (Wildman–Crippen LogP) is 4.78. The maximum atomic E-state index is 13.5. The Morgan fingerprint density at radius 3 is 2.08 bits per heavy atom. The molecule has 1 saturated heterocycles. The highest BCUT2D eigenvalue weighted by atomic mass is 16.6. The van der Waals surface area contributed by atoms with E-state index in [0.717, 1.165) is 40.7 Å². The first-order valence-corrected chi connectivity index (χ1v) is 16.6. The van der Waals surface area contributed by atoms with E-state index < -0.39 is 36.1 Å². The van der Waals surface area contributed by atoms with Crippen LogP contribution in [0.25, 0.3) is 11.1 Å². The largest absolute Gasteiger partial charge is 0.449 e. The standard InChI is InChI=1S/C37H44N4O7/c38-34(42)32(16-8-9-19-39-36(44)47-23-26-10-2-1-3-11-26)40-35(43)33(22-25-17-20-46-21-18-25)41-37(45)48-24-31-29-14-6-4-12-27(29)28-13-5-7-15-30(28)31/h1-7,10-15,25,31-33H,8-9,16-24H2,(H2,38,42)(H,39,44)(H,40,43)(H,41,45)/t32-,33-/m0/s1. The average molecular weight is 657 g/mol. The van der Waals surface area contributed by atoms with E-state index in [1.807, 2.05) is 66.7 Å². The maximum absolute atomic E-state index is 13.5. The van der Waals surface area contributed by atoms with E-state index in [9.17, 15) is 19.2 Å². The van der Waals surface area contributed by atoms with E-state index >= 15 is 0 Å². The number of alkyl carbamates (subject to hydrolysis) is 2. The summed E-state index contributed by atoms with van der Waals surface area (Å²) in [4.78, 5) is 51.0. The Kier molecular flexibility index (Phi) is 12.4. The first-order chi connectivity index (χ1) is 23.4. The number of hydrogen-bond acceptors (Lipinski definition) is 7. The SMILES string of the molecule is NC(=O)[C@H](CCCCNC(=O)OCc1ccccc1)NC(=O)[C@H](CC1CCOCC1)NC(=O)OCC1c2ccccc2-c2ccccc21. The molecule has 3 aromatic rings. The average Bonchev–Trinajstić information content (AvgIpc) is 3.43. The molecule has 11 nitrogen and oxygen atoms in total. The van der Waals surface area contributed by atoms with E-state index in [-0.39, 0.29) is 31.5 Å². The van der Waals surface area contributed by atoms with Crippen LogP contribution >= 0.6 is 0 Å². The summed E-state index contributed by atoms with van der Waals surface area (Å²) in [6.45, 7) is 1.79. The predicted molar refractivity (Wildman–Crippen MR) is 180 cm³/mol. The molecule has 1 aliphatic heterocycles. The number of rotatable bonds is 15. The van der Waals surface area contributed by atoms with Crippen molar-refractivity contribution in [3.8, 4) is 11.1 Å². The quantitative estimate of drug-likeness (QED) is 0.172. The van der Waals surface area contributed by atoms with E-state index in [1.54, 1.807) is 0 Å². The molecule has 2 atom stereocenters. The number of primary amides is 1. The van der Waals surface area contributed by atoms with Gasteiger partial charge in [-0.3, -0.25) is 9.59 Å². The van der Waals surface area contributed by atoms with Crippen LogP contribution < -0.4 is 21.7 Å². The summed E-state index contributed by atoms with van der Waals surface area (Å²) in [5.41, 5.74) is 11.0. The molecular weight excluding hydrogens is 612 g/mol. The second-order valence-electron chi connectivity index (χ2n) is 12.3. The van der Waals surface area contributed by atoms with Crippen LogP contribution in [0.5, 0.6) is 0 Å². The molecule has 0 spiro atoms. The number of nitrogens with one attached hydrogen (secondary N) is 3. The molecule has 4 amide bonds. The van der Waals surface area contributed by atoms with Crippen molar-refractivity contribution in [2.45, 2.75) is 63.1 Å². The molecule has 254 valence electrons. The van der Waals surface area contributed by atoms with Gasteiger partial charge in [-0.2, -0.15) is 0 Å². The summed E-state index contributed by atoms with van der Waals surface area (Å²) in [7, 11) is 0. The van der Waals surface area contributed by atoms with Gasteiger partial charge >= 0.3 is 12.2 Å². The topological polar surface area (TPSA) is 158 Å². The molecule has 5 N–H and O–H groups in total. The molecule has 0 unspecified atom stereocenters. The molecule has 11 heteroatoms. The van der Waals surface area contributed by atoms with Gasteiger partial charge in [-0.15, -0.1) is 0 Å². The molecule has 5 rings (SSSR count). The smallest absolute Gasteiger partial charge is 0.407 e. The van der Waals surface area contributed by atoms with Gasteiger partial charge in [0, 0.05) is 25.7 Å². The molecular formula is C37H44N4O7. The van der Waals surface area contributed by atoms with Gasteiger partial charge in [-0.1, -0.05) is 78.9 Å². The van der Waals surface area contributed by atoms with Crippen molar-refractivity contribution in [2.75, 3.05) is 26.4 Å². The van der Waals surface area contributed by atoms with Crippen LogP contribution in [-0.4, -0.2) is 62.4 Å². The third-order valence-corrected chi connectivity index (χ3v) is 8.92. The van der Waals surface area contributed by atoms with Crippen molar-refractivity contribution in [3.63, 3.8) is 0 Å². The highest BCUT2D eigenvalue weighted by Gasteiger charge is 2.32. The van der Waals surface area contributed by atoms with Crippen molar-refractivity contribution in [1.29, 1.82) is 0 Å². The fourth-order valence-corrected chi connectivity index (χ4v) is 6.33. The zero-order valence-electron chi connectivity index (χ0n) is 27.0. The van der Waals surface area contributed by atoms with Crippen LogP contribution in [0.2, 0.25) is 0 Å². The minimum Gasteiger partial charge on any atom is -0.449 e. The summed E-state index contributed by atoms with van der Waals surface area (Å²) in [5.74, 6) is -1.14. The summed E-state index contributed by atoms with van der Waals surface area (Å²) < 4.78 is 16.4. The first kappa shape index (κ1) is 34.4. The Bertz CT molecular complexity index is 1500. The molecule has 0 radical (unpaired) electrons. The molecule has 0 aromatic heterocycles. The summed E-state index contributed by atoms with van der Waals surface area (Å²) in [5, 5.41) is 8.20. The van der Waals surface area contributed by atoms with Crippen molar-refractivity contribution >= 4 is 24.0 Å². The molecule has 1 aliphatic carbocycles. The molecule has 48 heavy (non-hydrogen) atoms. The Balaban J connectivity index is 1.12. The van der Waals surface area contributed by atoms with Gasteiger partial charge in [0.25, 0.3) is 0 Å². The van der Waals surface area contributed by atoms with Gasteiger partial charge in [0.15, 0.2) is 0 Å². The fraction of sp³-hybridized carbons (Fsp3) is 0.405. The van der Waals surface area contributed by atoms with Gasteiger partial charge < -0.3 is 35.9 Å². The zero-order chi connectivity index (χ0) is 33.7. The van der Waals surface area contributed by atoms with Crippen molar-refractivity contribution in [1.82, 2.24) is 16.0 Å². The van der Waals surface area contributed by atoms with Gasteiger partial charge in [0.2, 0.25) is 11.8 Å². The van der Waals surface area contributed by atoms with Gasteiger partial charge in [-0.05, 0) is 72.3 Å². The van der Waals surface area contributed by atoms with E-state index in [1.165, 1.54) is 0 Å². The van der Waals surface area contributed by atoms with E-state index in [4.69, 9.17) is 19.9 Å². The van der Waals surface area contributed by atoms with Crippen molar-refractivity contribution in [2.24, 2.45) is 11.7 Å². The lowest BCUT2D eigenvalue weighted by Gasteiger charge is -2.28. The van der Waals surface area contributed by atoms with Gasteiger partial charge in [0.05, 0.1) is 0 Å². The van der Waals surface area contributed by atoms with Crippen LogP contribution in [0.15, 0.2) is 78.9 Å². The Morgan fingerprint density at radius 1 is 0.771 bits per heavy atom. The minimum absolute atomic E-state index is 0.114. The van der Waals surface area contributed by atoms with Gasteiger partial charge in [0.1, 0.15) is 25.3 Å². The Labute approximate surface area is 280 Å². The number of unbranched alkanes of at least 4 members (excludes halogenated alkanes) is 1. The number of ether oxygens (including phenoxy) is 3. The number of amides is 4. The molecule has 1 fully saturated rings. The van der Waals surface area contributed by atoms with Crippen molar-refractivity contribution < 1.29 is 33.4 Å². The molecule has 2 aliphatic rings. The number of fused-ring (bicyclic) bond motifs is 3. The van der Waals surface area contributed by atoms with E-state index in [0.29, 0.717) is 39.0 Å². The monoisotopic (exact) mass is 656 g/mol. The number of nitrogens with two attached hydrogens (primary N) is 1. The lowest BCUT2D eigenvalue weighted by atomic mass is 9.92. The number of benzene rings is 3. The minimum atomic E-state index is -0.941. The van der Waals surface area contributed by atoms with Crippen molar-refractivity contribution in [3.05, 3.63) is 95.6 Å². The Hall–Kier alpha value is -4.90. The second-order valence-corrected chi connectivity index (χ2v) is 12.3. The Morgan fingerprint density at radius 2 is 1.42 bits per heavy atom. The zero-order valence-corrected chi connectivity index (χ0v) is 27.0. The lowest BCUT2D eigenvalue weighted by molar-refractivity contribution is -0.129. The van der Waals surface area contributed by atoms with Crippen LogP contribution in [0.3, 0.4) is 0 Å². The van der Waals surface area contributed by atoms with Crippen LogP contribution in [0.1, 0.15) is 61.1 Å². The number of carbonyl (C=O) groups is 4. The van der Waals surface area contributed by atoms with E-state index in [2.05, 4.69) is 28.1 Å². The van der Waals surface area contributed by atoms with Crippen LogP contribution in [0, 0.1) is 5.92 Å². The van der Waals surface area contributed by atoms with Crippen LogP contribution in [-0.2, 0) is 30.4 Å². The first-order valence-electron chi connectivity index (χ1n) is 16.6. The molecule has 3 aromatic carbocycles. The summed E-state index contributed by atoms with van der Waals surface area (Å²) in [6, 6.07) is 23.6. The molecule has 0 bridgehead atoms. The summed E-state index contributed by atoms with van der Waals surface area (Å²) >= 11 is 0.